The number of carbonyl (C=O) groups is 4. The molecule has 1 fully saturated rings. The van der Waals surface area contributed by atoms with Crippen LogP contribution in [-0.4, -0.2) is 66.2 Å². The monoisotopic (exact) mass is 665 g/mol. The lowest BCUT2D eigenvalue weighted by molar-refractivity contribution is -0.154. The summed E-state index contributed by atoms with van der Waals surface area (Å²) in [4.78, 5) is 52.6. The van der Waals surface area contributed by atoms with Crippen LogP contribution in [0.3, 0.4) is 0 Å². The highest BCUT2D eigenvalue weighted by Gasteiger charge is 2.52. The van der Waals surface area contributed by atoms with Crippen LogP contribution in [0.4, 0.5) is 4.79 Å². The molecule has 47 heavy (non-hydrogen) atoms. The molecule has 1 aliphatic heterocycles. The first-order valence-electron chi connectivity index (χ1n) is 15.5. The highest BCUT2D eigenvalue weighted by atomic mass is 32.2. The third kappa shape index (κ3) is 8.09. The summed E-state index contributed by atoms with van der Waals surface area (Å²) in [6.07, 6.45) is 1.40. The van der Waals surface area contributed by atoms with Gasteiger partial charge in [0.15, 0.2) is 0 Å². The highest BCUT2D eigenvalue weighted by molar-refractivity contribution is 7.90. The first kappa shape index (κ1) is 35.0. The van der Waals surface area contributed by atoms with Crippen LogP contribution in [0.25, 0.3) is 11.1 Å². The van der Waals surface area contributed by atoms with Crippen LogP contribution in [0, 0.1) is 5.92 Å². The second-order valence-corrected chi connectivity index (χ2v) is 13.0. The van der Waals surface area contributed by atoms with E-state index in [-0.39, 0.29) is 42.2 Å². The molecular weight excluding hydrogens is 626 g/mol. The zero-order valence-electron chi connectivity index (χ0n) is 26.3. The highest BCUT2D eigenvalue weighted by Crippen LogP contribution is 2.31. The Labute approximate surface area is 273 Å². The number of benzene rings is 3. The molecule has 4 N–H and O–H groups in total. The van der Waals surface area contributed by atoms with Crippen LogP contribution in [0.1, 0.15) is 61.9 Å². The summed E-state index contributed by atoms with van der Waals surface area (Å²) in [5.41, 5.74) is -0.0589. The summed E-state index contributed by atoms with van der Waals surface area (Å²) in [6.45, 7) is 3.96. The predicted molar refractivity (Wildman–Crippen MR) is 173 cm³/mol. The lowest BCUT2D eigenvalue weighted by Gasteiger charge is -2.36. The standard InChI is InChI=1S/C34H39N3O9S/c1-3-5-21-46-33(43)36-47(44,45)29-10-7-6-9-28(29)25-13-11-23(12-14-25)22-24(4-2)30(39)35-34(32(41)42)19-8-20-37(34)31(40)26-15-17-27(38)18-16-26/h6-7,9-18,24,38H,3-5,8,19-22H2,1-2H3,(H,35,39)(H,36,43)(H,41,42). The number of phenols is 1. The van der Waals surface area contributed by atoms with Crippen LogP contribution < -0.4 is 10.0 Å². The number of aromatic hydroxyl groups is 1. The van der Waals surface area contributed by atoms with Gasteiger partial charge in [0.25, 0.3) is 15.9 Å². The Bertz CT molecular complexity index is 1710. The number of nitrogens with zero attached hydrogens (tertiary/aromatic N) is 1. The topological polar surface area (TPSA) is 179 Å². The van der Waals surface area contributed by atoms with E-state index in [2.05, 4.69) is 5.32 Å². The van der Waals surface area contributed by atoms with E-state index in [1.165, 1.54) is 30.3 Å². The Morgan fingerprint density at radius 1 is 0.979 bits per heavy atom. The number of sulfonamides is 1. The van der Waals surface area contributed by atoms with E-state index in [0.717, 1.165) is 16.9 Å². The molecule has 0 radical (unpaired) electrons. The minimum atomic E-state index is -4.24. The number of hydrogen-bond acceptors (Lipinski definition) is 8. The molecule has 0 bridgehead atoms. The van der Waals surface area contributed by atoms with Gasteiger partial charge in [0.2, 0.25) is 11.6 Å². The molecule has 3 aromatic rings. The largest absolute Gasteiger partial charge is 0.508 e. The summed E-state index contributed by atoms with van der Waals surface area (Å²) >= 11 is 0. The Morgan fingerprint density at radius 3 is 2.30 bits per heavy atom. The van der Waals surface area contributed by atoms with E-state index in [0.29, 0.717) is 30.4 Å². The first-order valence-corrected chi connectivity index (χ1v) is 16.9. The number of ether oxygens (including phenoxy) is 1. The van der Waals surface area contributed by atoms with E-state index >= 15 is 0 Å². The van der Waals surface area contributed by atoms with Crippen LogP contribution in [0.5, 0.6) is 5.75 Å². The van der Waals surface area contributed by atoms with Crippen molar-refractivity contribution in [3.05, 3.63) is 83.9 Å². The molecular formula is C34H39N3O9S. The third-order valence-electron chi connectivity index (χ3n) is 8.16. The van der Waals surface area contributed by atoms with Gasteiger partial charge in [0, 0.05) is 30.0 Å². The molecule has 2 unspecified atom stereocenters. The normalized spacial score (nSPS) is 16.7. The molecule has 0 aliphatic carbocycles. The van der Waals surface area contributed by atoms with Crippen molar-refractivity contribution in [1.82, 2.24) is 14.9 Å². The van der Waals surface area contributed by atoms with Gasteiger partial charge >= 0.3 is 12.1 Å². The number of rotatable bonds is 13. The maximum atomic E-state index is 13.6. The van der Waals surface area contributed by atoms with E-state index in [1.54, 1.807) is 49.4 Å². The Balaban J connectivity index is 1.49. The lowest BCUT2D eigenvalue weighted by atomic mass is 9.93. The predicted octanol–water partition coefficient (Wildman–Crippen LogP) is 4.68. The second-order valence-electron chi connectivity index (χ2n) is 11.4. The average molecular weight is 666 g/mol. The number of unbranched alkanes of at least 4 members (excludes halogenated alkanes) is 1. The third-order valence-corrected chi connectivity index (χ3v) is 9.53. The first-order chi connectivity index (χ1) is 22.4. The quantitative estimate of drug-likeness (QED) is 0.189. The van der Waals surface area contributed by atoms with E-state index in [1.807, 2.05) is 11.6 Å². The molecule has 12 nitrogen and oxygen atoms in total. The average Bonchev–Trinajstić information content (AvgIpc) is 3.48. The van der Waals surface area contributed by atoms with Crippen molar-refractivity contribution in [3.8, 4) is 16.9 Å². The molecule has 1 saturated heterocycles. The fourth-order valence-electron chi connectivity index (χ4n) is 5.54. The van der Waals surface area contributed by atoms with Gasteiger partial charge in [0.1, 0.15) is 5.75 Å². The molecule has 13 heteroatoms. The number of carboxylic acid groups (broad SMARTS) is 1. The van der Waals surface area contributed by atoms with Gasteiger partial charge < -0.3 is 25.2 Å². The molecule has 1 heterocycles. The lowest BCUT2D eigenvalue weighted by Crippen LogP contribution is -2.64. The molecule has 1 aliphatic rings. The van der Waals surface area contributed by atoms with Crippen molar-refractivity contribution in [3.63, 3.8) is 0 Å². The van der Waals surface area contributed by atoms with Crippen LogP contribution in [-0.2, 0) is 30.8 Å². The van der Waals surface area contributed by atoms with Gasteiger partial charge in [-0.1, -0.05) is 62.7 Å². The van der Waals surface area contributed by atoms with Gasteiger partial charge in [-0.05, 0) is 67.1 Å². The molecule has 3 aromatic carbocycles. The van der Waals surface area contributed by atoms with Crippen molar-refractivity contribution in [2.75, 3.05) is 13.2 Å². The minimum Gasteiger partial charge on any atom is -0.508 e. The van der Waals surface area contributed by atoms with Gasteiger partial charge in [-0.25, -0.2) is 22.7 Å². The van der Waals surface area contributed by atoms with Crippen LogP contribution in [0.2, 0.25) is 0 Å². The van der Waals surface area contributed by atoms with Crippen molar-refractivity contribution >= 4 is 33.9 Å². The smallest absolute Gasteiger partial charge is 0.421 e. The minimum absolute atomic E-state index is 0.0365. The number of hydrogen-bond donors (Lipinski definition) is 4. The number of likely N-dealkylation sites (tertiary alicyclic amines) is 1. The van der Waals surface area contributed by atoms with Gasteiger partial charge in [-0.3, -0.25) is 9.59 Å². The number of phenolic OH excluding ortho intramolecular Hbond substituents is 1. The SMILES string of the molecule is CCCCOC(=O)NS(=O)(=O)c1ccccc1-c1ccc(CC(CC)C(=O)NC2(C(=O)O)CCCN2C(=O)c2ccc(O)cc2)cc1. The molecule has 0 saturated carbocycles. The Hall–Kier alpha value is -4.91. The molecule has 250 valence electrons. The molecule has 0 aromatic heterocycles. The number of amides is 3. The molecule has 2 atom stereocenters. The van der Waals surface area contributed by atoms with Crippen molar-refractivity contribution in [1.29, 1.82) is 0 Å². The molecule has 4 rings (SSSR count). The molecule has 0 spiro atoms. The number of nitrogens with one attached hydrogen (secondary N) is 2. The van der Waals surface area contributed by atoms with Crippen LogP contribution >= 0.6 is 0 Å². The fourth-order valence-corrected chi connectivity index (χ4v) is 6.66. The summed E-state index contributed by atoms with van der Waals surface area (Å²) in [5, 5.41) is 22.5. The van der Waals surface area contributed by atoms with Crippen molar-refractivity contribution in [2.24, 2.45) is 5.92 Å². The number of carboxylic acids is 1. The number of carbonyl (C=O) groups excluding carboxylic acids is 3. The summed E-state index contributed by atoms with van der Waals surface area (Å²) in [5.74, 6) is -3.09. The second kappa shape index (κ2) is 15.1. The van der Waals surface area contributed by atoms with Crippen molar-refractivity contribution < 1.29 is 42.5 Å². The number of aliphatic carboxylic acids is 1. The van der Waals surface area contributed by atoms with E-state index in [4.69, 9.17) is 4.74 Å². The Kier molecular flexibility index (Phi) is 11.2. The van der Waals surface area contributed by atoms with Gasteiger partial charge in [-0.15, -0.1) is 0 Å². The fraction of sp³-hybridized carbons (Fsp3) is 0.353. The van der Waals surface area contributed by atoms with Crippen molar-refractivity contribution in [2.45, 2.75) is 62.9 Å². The van der Waals surface area contributed by atoms with E-state index < -0.39 is 45.5 Å². The van der Waals surface area contributed by atoms with Gasteiger partial charge in [-0.2, -0.15) is 0 Å². The van der Waals surface area contributed by atoms with Gasteiger partial charge in [0.05, 0.1) is 11.5 Å². The van der Waals surface area contributed by atoms with Crippen LogP contribution in [0.15, 0.2) is 77.7 Å². The Morgan fingerprint density at radius 2 is 1.66 bits per heavy atom. The molecule has 3 amide bonds. The summed E-state index contributed by atoms with van der Waals surface area (Å²) in [6, 6.07) is 18.6. The van der Waals surface area contributed by atoms with E-state index in [9.17, 15) is 37.8 Å². The maximum Gasteiger partial charge on any atom is 0.421 e. The summed E-state index contributed by atoms with van der Waals surface area (Å²) < 4.78 is 33.0. The zero-order chi connectivity index (χ0) is 34.2. The maximum absolute atomic E-state index is 13.6. The summed E-state index contributed by atoms with van der Waals surface area (Å²) in [7, 11) is -4.24. The zero-order valence-corrected chi connectivity index (χ0v) is 27.1.